The van der Waals surface area contributed by atoms with Crippen molar-refractivity contribution in [2.45, 2.75) is 32.7 Å². The molecule has 1 aliphatic rings. The highest BCUT2D eigenvalue weighted by molar-refractivity contribution is 5.89. The van der Waals surface area contributed by atoms with Gasteiger partial charge in [-0.2, -0.15) is 0 Å². The molecule has 1 fully saturated rings. The minimum absolute atomic E-state index is 0.0316. The van der Waals surface area contributed by atoms with E-state index in [9.17, 15) is 9.59 Å². The number of benzene rings is 2. The molecule has 0 spiro atoms. The average molecular weight is 396 g/mol. The number of anilines is 1. The van der Waals surface area contributed by atoms with Crippen molar-refractivity contribution in [2.75, 3.05) is 25.5 Å². The highest BCUT2D eigenvalue weighted by Gasteiger charge is 2.28. The fourth-order valence-corrected chi connectivity index (χ4v) is 3.67. The van der Waals surface area contributed by atoms with Crippen molar-refractivity contribution in [1.29, 1.82) is 0 Å². The molecule has 0 aromatic heterocycles. The number of carbonyl (C=O) groups excluding carboxylic acids is 2. The van der Waals surface area contributed by atoms with Gasteiger partial charge in [0.1, 0.15) is 5.75 Å². The molecule has 1 saturated heterocycles. The van der Waals surface area contributed by atoms with E-state index in [0.29, 0.717) is 25.9 Å². The summed E-state index contributed by atoms with van der Waals surface area (Å²) in [5, 5.41) is 6.01. The number of urea groups is 1. The SMILES string of the molecule is COc1ccc(C)cc1C(C)NC(=O)C1CCN(C(=O)Nc2ccccc2)CC1. The van der Waals surface area contributed by atoms with Crippen LogP contribution in [-0.4, -0.2) is 37.0 Å². The van der Waals surface area contributed by atoms with Gasteiger partial charge in [-0.25, -0.2) is 4.79 Å². The summed E-state index contributed by atoms with van der Waals surface area (Å²) in [4.78, 5) is 26.9. The van der Waals surface area contributed by atoms with E-state index >= 15 is 0 Å². The zero-order valence-electron chi connectivity index (χ0n) is 17.3. The number of piperidine rings is 1. The molecule has 6 heteroatoms. The molecule has 1 heterocycles. The van der Waals surface area contributed by atoms with Crippen LogP contribution in [0.15, 0.2) is 48.5 Å². The summed E-state index contributed by atoms with van der Waals surface area (Å²) in [6, 6.07) is 15.1. The molecule has 6 nitrogen and oxygen atoms in total. The predicted octanol–water partition coefficient (Wildman–Crippen LogP) is 4.12. The Morgan fingerprint density at radius 3 is 2.45 bits per heavy atom. The number of nitrogens with one attached hydrogen (secondary N) is 2. The Morgan fingerprint density at radius 2 is 1.79 bits per heavy atom. The molecule has 2 N–H and O–H groups in total. The molecular weight excluding hydrogens is 366 g/mol. The van der Waals surface area contributed by atoms with Crippen molar-refractivity contribution in [3.63, 3.8) is 0 Å². The molecule has 0 bridgehead atoms. The molecular formula is C23H29N3O3. The highest BCUT2D eigenvalue weighted by atomic mass is 16.5. The standard InChI is InChI=1S/C23H29N3O3/c1-16-9-10-21(29-3)20(15-16)17(2)24-22(27)18-11-13-26(14-12-18)23(28)25-19-7-5-4-6-8-19/h4-10,15,17-18H,11-14H2,1-3H3,(H,24,27)(H,25,28). The van der Waals surface area contributed by atoms with Crippen LogP contribution < -0.4 is 15.4 Å². The quantitative estimate of drug-likeness (QED) is 0.800. The van der Waals surface area contributed by atoms with E-state index in [1.54, 1.807) is 12.0 Å². The van der Waals surface area contributed by atoms with Gasteiger partial charge >= 0.3 is 6.03 Å². The molecule has 1 atom stereocenters. The van der Waals surface area contributed by atoms with E-state index in [2.05, 4.69) is 10.6 Å². The Balaban J connectivity index is 1.52. The maximum Gasteiger partial charge on any atom is 0.321 e. The second kappa shape index (κ2) is 9.45. The number of hydrogen-bond donors (Lipinski definition) is 2. The van der Waals surface area contributed by atoms with Gasteiger partial charge in [-0.1, -0.05) is 35.9 Å². The number of aryl methyl sites for hydroxylation is 1. The summed E-state index contributed by atoms with van der Waals surface area (Å²) in [7, 11) is 1.64. The normalized spacial score (nSPS) is 15.5. The van der Waals surface area contributed by atoms with Crippen molar-refractivity contribution >= 4 is 17.6 Å². The van der Waals surface area contributed by atoms with Crippen LogP contribution in [0.5, 0.6) is 5.75 Å². The maximum absolute atomic E-state index is 12.8. The first-order chi connectivity index (χ1) is 14.0. The first-order valence-corrected chi connectivity index (χ1v) is 10.0. The Morgan fingerprint density at radius 1 is 1.10 bits per heavy atom. The molecule has 2 aromatic rings. The Hall–Kier alpha value is -3.02. The van der Waals surface area contributed by atoms with Gasteiger partial charge in [0.15, 0.2) is 0 Å². The first-order valence-electron chi connectivity index (χ1n) is 10.0. The van der Waals surface area contributed by atoms with Crippen LogP contribution in [-0.2, 0) is 4.79 Å². The molecule has 3 rings (SSSR count). The Bertz CT molecular complexity index is 846. The van der Waals surface area contributed by atoms with Crippen LogP contribution in [0.25, 0.3) is 0 Å². The van der Waals surface area contributed by atoms with Gasteiger partial charge in [-0.05, 0) is 44.9 Å². The first kappa shape index (κ1) is 20.7. The molecule has 29 heavy (non-hydrogen) atoms. The van der Waals surface area contributed by atoms with E-state index < -0.39 is 0 Å². The maximum atomic E-state index is 12.8. The van der Waals surface area contributed by atoms with E-state index in [1.165, 1.54) is 0 Å². The molecule has 0 aliphatic carbocycles. The third kappa shape index (κ3) is 5.28. The number of ether oxygens (including phenoxy) is 1. The van der Waals surface area contributed by atoms with Gasteiger partial charge in [0.2, 0.25) is 5.91 Å². The smallest absolute Gasteiger partial charge is 0.321 e. The van der Waals surface area contributed by atoms with Crippen molar-refractivity contribution in [1.82, 2.24) is 10.2 Å². The van der Waals surface area contributed by atoms with Crippen LogP contribution in [0.1, 0.15) is 36.9 Å². The lowest BCUT2D eigenvalue weighted by molar-refractivity contribution is -0.126. The summed E-state index contributed by atoms with van der Waals surface area (Å²) in [6.45, 7) is 5.13. The average Bonchev–Trinajstić information content (AvgIpc) is 2.74. The lowest BCUT2D eigenvalue weighted by Gasteiger charge is -2.32. The van der Waals surface area contributed by atoms with E-state index in [0.717, 1.165) is 22.6 Å². The van der Waals surface area contributed by atoms with Crippen LogP contribution in [0, 0.1) is 12.8 Å². The number of likely N-dealkylation sites (tertiary alicyclic amines) is 1. The minimum atomic E-state index is -0.142. The summed E-state index contributed by atoms with van der Waals surface area (Å²) in [6.07, 6.45) is 1.32. The monoisotopic (exact) mass is 395 g/mol. The molecule has 0 saturated carbocycles. The van der Waals surface area contributed by atoms with Crippen LogP contribution >= 0.6 is 0 Å². The van der Waals surface area contributed by atoms with Crippen LogP contribution in [0.4, 0.5) is 10.5 Å². The molecule has 2 aromatic carbocycles. The Kier molecular flexibility index (Phi) is 6.75. The van der Waals surface area contributed by atoms with Gasteiger partial charge in [0.05, 0.1) is 13.2 Å². The third-order valence-corrected chi connectivity index (χ3v) is 5.39. The summed E-state index contributed by atoms with van der Waals surface area (Å²) in [5.74, 6) is 0.717. The number of amides is 3. The Labute approximate surface area is 172 Å². The number of rotatable bonds is 5. The van der Waals surface area contributed by atoms with E-state index in [4.69, 9.17) is 4.74 Å². The van der Waals surface area contributed by atoms with Gasteiger partial charge in [0, 0.05) is 30.3 Å². The van der Waals surface area contributed by atoms with Crippen molar-refractivity contribution in [2.24, 2.45) is 5.92 Å². The van der Waals surface area contributed by atoms with Crippen molar-refractivity contribution in [3.05, 3.63) is 59.7 Å². The van der Waals surface area contributed by atoms with Gasteiger partial charge in [-0.3, -0.25) is 4.79 Å². The second-order valence-corrected chi connectivity index (χ2v) is 7.53. The number of nitrogens with zero attached hydrogens (tertiary/aromatic N) is 1. The summed E-state index contributed by atoms with van der Waals surface area (Å²) in [5.41, 5.74) is 2.87. The fraction of sp³-hybridized carbons (Fsp3) is 0.391. The van der Waals surface area contributed by atoms with Gasteiger partial charge < -0.3 is 20.3 Å². The molecule has 1 unspecified atom stereocenters. The zero-order chi connectivity index (χ0) is 20.8. The van der Waals surface area contributed by atoms with Crippen molar-refractivity contribution in [3.8, 4) is 5.75 Å². The third-order valence-electron chi connectivity index (χ3n) is 5.39. The predicted molar refractivity (Wildman–Crippen MR) is 114 cm³/mol. The van der Waals surface area contributed by atoms with Crippen LogP contribution in [0.2, 0.25) is 0 Å². The van der Waals surface area contributed by atoms with Gasteiger partial charge in [0.25, 0.3) is 0 Å². The van der Waals surface area contributed by atoms with Crippen molar-refractivity contribution < 1.29 is 14.3 Å². The van der Waals surface area contributed by atoms with Gasteiger partial charge in [-0.15, -0.1) is 0 Å². The molecule has 0 radical (unpaired) electrons. The van der Waals surface area contributed by atoms with E-state index in [1.807, 2.05) is 62.4 Å². The van der Waals surface area contributed by atoms with Crippen LogP contribution in [0.3, 0.4) is 0 Å². The summed E-state index contributed by atoms with van der Waals surface area (Å²) < 4.78 is 5.44. The number of para-hydroxylation sites is 1. The lowest BCUT2D eigenvalue weighted by atomic mass is 9.95. The highest BCUT2D eigenvalue weighted by Crippen LogP contribution is 2.27. The molecule has 154 valence electrons. The largest absolute Gasteiger partial charge is 0.496 e. The number of hydrogen-bond acceptors (Lipinski definition) is 3. The number of methoxy groups -OCH3 is 1. The minimum Gasteiger partial charge on any atom is -0.496 e. The molecule has 3 amide bonds. The van der Waals surface area contributed by atoms with E-state index in [-0.39, 0.29) is 23.9 Å². The second-order valence-electron chi connectivity index (χ2n) is 7.53. The fourth-order valence-electron chi connectivity index (χ4n) is 3.67. The summed E-state index contributed by atoms with van der Waals surface area (Å²) >= 11 is 0. The molecule has 1 aliphatic heterocycles. The number of carbonyl (C=O) groups is 2. The topological polar surface area (TPSA) is 70.7 Å². The lowest BCUT2D eigenvalue weighted by Crippen LogP contribution is -2.45. The zero-order valence-corrected chi connectivity index (χ0v) is 17.3.